The van der Waals surface area contributed by atoms with Gasteiger partial charge in [-0.05, 0) is 17.9 Å². The van der Waals surface area contributed by atoms with E-state index in [1.54, 1.807) is 0 Å². The number of hydrogen-bond acceptors (Lipinski definition) is 1. The van der Waals surface area contributed by atoms with Crippen molar-refractivity contribution in [3.05, 3.63) is 54.1 Å². The molecule has 1 aromatic carbocycles. The first-order valence-electron chi connectivity index (χ1n) is 7.74. The molecule has 0 aromatic heterocycles. The Labute approximate surface area is 124 Å². The van der Waals surface area contributed by atoms with E-state index in [2.05, 4.69) is 57.2 Å². The van der Waals surface area contributed by atoms with E-state index in [1.165, 1.54) is 18.4 Å². The minimum atomic E-state index is 0.215. The van der Waals surface area contributed by atoms with Crippen molar-refractivity contribution in [3.8, 4) is 0 Å². The van der Waals surface area contributed by atoms with E-state index < -0.39 is 0 Å². The molecule has 1 rings (SSSR count). The fourth-order valence-corrected chi connectivity index (χ4v) is 1.94. The van der Waals surface area contributed by atoms with E-state index >= 15 is 0 Å². The van der Waals surface area contributed by atoms with E-state index in [0.717, 1.165) is 6.42 Å². The van der Waals surface area contributed by atoms with E-state index in [4.69, 9.17) is 4.74 Å². The third-order valence-corrected chi connectivity index (χ3v) is 3.20. The van der Waals surface area contributed by atoms with Crippen molar-refractivity contribution >= 4 is 6.08 Å². The highest BCUT2D eigenvalue weighted by molar-refractivity contribution is 5.48. The van der Waals surface area contributed by atoms with Gasteiger partial charge in [0, 0.05) is 0 Å². The minimum Gasteiger partial charge on any atom is -0.370 e. The topological polar surface area (TPSA) is 9.23 Å². The Morgan fingerprint density at radius 1 is 1.10 bits per heavy atom. The van der Waals surface area contributed by atoms with Crippen LogP contribution in [-0.2, 0) is 4.74 Å². The molecule has 1 unspecified atom stereocenters. The van der Waals surface area contributed by atoms with Gasteiger partial charge in [0.25, 0.3) is 0 Å². The van der Waals surface area contributed by atoms with Crippen LogP contribution in [0, 0.1) is 5.92 Å². The molecule has 0 aliphatic heterocycles. The van der Waals surface area contributed by atoms with E-state index in [0.29, 0.717) is 12.5 Å². The fraction of sp³-hybridized carbons (Fsp3) is 0.474. The highest BCUT2D eigenvalue weighted by Crippen LogP contribution is 2.10. The molecule has 0 heterocycles. The first-order valence-corrected chi connectivity index (χ1v) is 7.74. The van der Waals surface area contributed by atoms with Gasteiger partial charge < -0.3 is 4.74 Å². The molecule has 20 heavy (non-hydrogen) atoms. The van der Waals surface area contributed by atoms with Crippen molar-refractivity contribution in [1.82, 2.24) is 0 Å². The molecule has 0 aliphatic carbocycles. The number of allylic oxidation sites excluding steroid dienone is 1. The van der Waals surface area contributed by atoms with Gasteiger partial charge in [-0.3, -0.25) is 0 Å². The quantitative estimate of drug-likeness (QED) is 0.427. The van der Waals surface area contributed by atoms with Crippen molar-refractivity contribution in [1.29, 1.82) is 0 Å². The molecule has 1 atom stereocenters. The van der Waals surface area contributed by atoms with Crippen molar-refractivity contribution < 1.29 is 4.74 Å². The van der Waals surface area contributed by atoms with Crippen LogP contribution >= 0.6 is 0 Å². The van der Waals surface area contributed by atoms with Gasteiger partial charge in [0.1, 0.15) is 0 Å². The Kier molecular flexibility index (Phi) is 8.73. The maximum atomic E-state index is 5.93. The second-order valence-electron chi connectivity index (χ2n) is 5.43. The Morgan fingerprint density at radius 3 is 2.50 bits per heavy atom. The molecule has 0 bridgehead atoms. The number of unbranched alkanes of at least 4 members (excludes halogenated alkanes) is 2. The summed E-state index contributed by atoms with van der Waals surface area (Å²) in [6.07, 6.45) is 12.6. The van der Waals surface area contributed by atoms with E-state index in [1.807, 2.05) is 18.2 Å². The summed E-state index contributed by atoms with van der Waals surface area (Å²) in [6, 6.07) is 10.3. The van der Waals surface area contributed by atoms with Crippen LogP contribution in [0.1, 0.15) is 45.6 Å². The second kappa shape index (κ2) is 10.4. The Balaban J connectivity index is 2.35. The van der Waals surface area contributed by atoms with Crippen LogP contribution in [0.25, 0.3) is 6.08 Å². The summed E-state index contributed by atoms with van der Waals surface area (Å²) in [7, 11) is 0. The summed E-state index contributed by atoms with van der Waals surface area (Å²) >= 11 is 0. The van der Waals surface area contributed by atoms with Gasteiger partial charge in [0.05, 0.1) is 12.7 Å². The highest BCUT2D eigenvalue weighted by Gasteiger charge is 2.08. The van der Waals surface area contributed by atoms with Gasteiger partial charge in [-0.2, -0.15) is 0 Å². The molecular formula is C19H28O. The minimum absolute atomic E-state index is 0.215. The van der Waals surface area contributed by atoms with Crippen LogP contribution in [0.5, 0.6) is 0 Å². The molecule has 0 saturated heterocycles. The third-order valence-electron chi connectivity index (χ3n) is 3.20. The maximum absolute atomic E-state index is 5.93. The number of benzene rings is 1. The normalized spacial score (nSPS) is 13.6. The Hall–Kier alpha value is -1.34. The molecule has 0 aliphatic rings. The van der Waals surface area contributed by atoms with Crippen molar-refractivity contribution in [2.45, 2.75) is 46.1 Å². The van der Waals surface area contributed by atoms with Gasteiger partial charge >= 0.3 is 0 Å². The van der Waals surface area contributed by atoms with Crippen LogP contribution in [-0.4, -0.2) is 12.7 Å². The molecule has 0 fully saturated rings. The predicted octanol–water partition coefficient (Wildman–Crippen LogP) is 5.49. The summed E-state index contributed by atoms with van der Waals surface area (Å²) in [4.78, 5) is 0. The standard InChI is InChI=1S/C19H28O/c1-4-5-6-10-15-19(17(2)3)20-16-11-14-18-12-8-7-9-13-18/h7-15,17,19H,4-6,16H2,1-3H3/b14-11+,15-10+. The molecule has 110 valence electrons. The summed E-state index contributed by atoms with van der Waals surface area (Å²) in [5.74, 6) is 0.512. The number of ether oxygens (including phenoxy) is 1. The summed E-state index contributed by atoms with van der Waals surface area (Å²) in [6.45, 7) is 7.29. The van der Waals surface area contributed by atoms with Gasteiger partial charge in [0.2, 0.25) is 0 Å². The average Bonchev–Trinajstić information content (AvgIpc) is 2.46. The van der Waals surface area contributed by atoms with Crippen LogP contribution in [0.2, 0.25) is 0 Å². The Morgan fingerprint density at radius 2 is 1.85 bits per heavy atom. The molecule has 1 nitrogen and oxygen atoms in total. The van der Waals surface area contributed by atoms with Gasteiger partial charge in [-0.15, -0.1) is 0 Å². The lowest BCUT2D eigenvalue weighted by Crippen LogP contribution is -2.17. The van der Waals surface area contributed by atoms with Crippen LogP contribution in [0.4, 0.5) is 0 Å². The average molecular weight is 272 g/mol. The lowest BCUT2D eigenvalue weighted by molar-refractivity contribution is 0.0759. The zero-order valence-electron chi connectivity index (χ0n) is 13.1. The molecule has 0 N–H and O–H groups in total. The third kappa shape index (κ3) is 7.30. The van der Waals surface area contributed by atoms with Gasteiger partial charge in [-0.1, -0.05) is 88.2 Å². The molecule has 0 radical (unpaired) electrons. The first kappa shape index (κ1) is 16.7. The molecular weight excluding hydrogens is 244 g/mol. The largest absolute Gasteiger partial charge is 0.370 e. The summed E-state index contributed by atoms with van der Waals surface area (Å²) < 4.78 is 5.93. The zero-order chi connectivity index (χ0) is 14.6. The fourth-order valence-electron chi connectivity index (χ4n) is 1.94. The maximum Gasteiger partial charge on any atom is 0.0782 e. The van der Waals surface area contributed by atoms with Crippen molar-refractivity contribution in [3.63, 3.8) is 0 Å². The predicted molar refractivity (Wildman–Crippen MR) is 88.7 cm³/mol. The van der Waals surface area contributed by atoms with Crippen molar-refractivity contribution in [2.24, 2.45) is 5.92 Å². The molecule has 0 saturated carbocycles. The van der Waals surface area contributed by atoms with E-state index in [9.17, 15) is 0 Å². The summed E-state index contributed by atoms with van der Waals surface area (Å²) in [5.41, 5.74) is 1.22. The Bertz CT molecular complexity index is 389. The van der Waals surface area contributed by atoms with Crippen LogP contribution in [0.3, 0.4) is 0 Å². The first-order chi connectivity index (χ1) is 9.74. The second-order valence-corrected chi connectivity index (χ2v) is 5.43. The number of rotatable bonds is 9. The molecule has 1 heteroatoms. The van der Waals surface area contributed by atoms with Gasteiger partial charge in [-0.25, -0.2) is 0 Å². The monoisotopic (exact) mass is 272 g/mol. The van der Waals surface area contributed by atoms with Crippen molar-refractivity contribution in [2.75, 3.05) is 6.61 Å². The van der Waals surface area contributed by atoms with Gasteiger partial charge in [0.15, 0.2) is 0 Å². The zero-order valence-corrected chi connectivity index (χ0v) is 13.1. The molecule has 0 amide bonds. The lowest BCUT2D eigenvalue weighted by atomic mass is 10.1. The summed E-state index contributed by atoms with van der Waals surface area (Å²) in [5, 5.41) is 0. The molecule has 1 aromatic rings. The smallest absolute Gasteiger partial charge is 0.0782 e. The SMILES string of the molecule is CCCC/C=C/C(OC/C=C/c1ccccc1)C(C)C. The van der Waals surface area contributed by atoms with Crippen LogP contribution in [0.15, 0.2) is 48.6 Å². The molecule has 0 spiro atoms. The number of hydrogen-bond donors (Lipinski definition) is 0. The lowest BCUT2D eigenvalue weighted by Gasteiger charge is -2.16. The van der Waals surface area contributed by atoms with E-state index in [-0.39, 0.29) is 6.10 Å². The highest BCUT2D eigenvalue weighted by atomic mass is 16.5. The van der Waals surface area contributed by atoms with Crippen LogP contribution < -0.4 is 0 Å².